The third-order valence-electron chi connectivity index (χ3n) is 6.32. The number of nitrogens with zero attached hydrogens (tertiary/aromatic N) is 2. The van der Waals surface area contributed by atoms with Gasteiger partial charge in [-0.1, -0.05) is 0 Å². The SMILES string of the molecule is CC(C)c1cccc(C(C)C)c1N1CCN(c2c(C(C)C)cccc2C(C)C)[CH]1[Pd]. The van der Waals surface area contributed by atoms with Gasteiger partial charge in [0.05, 0.1) is 0 Å². The van der Waals surface area contributed by atoms with Crippen LogP contribution in [-0.4, -0.2) is 17.7 Å². The molecule has 167 valence electrons. The van der Waals surface area contributed by atoms with Crippen molar-refractivity contribution in [1.82, 2.24) is 0 Å². The number of para-hydroxylation sites is 2. The molecular weight excluding hydrogens is 459 g/mol. The average molecular weight is 498 g/mol. The summed E-state index contributed by atoms with van der Waals surface area (Å²) in [4.78, 5) is 5.21. The molecule has 3 heteroatoms. The minimum atomic E-state index is 0.197. The Hall–Kier alpha value is -1.30. The Morgan fingerprint density at radius 3 is 1.10 bits per heavy atom. The summed E-state index contributed by atoms with van der Waals surface area (Å²) < 4.78 is 0.197. The molecule has 0 aromatic heterocycles. The molecule has 30 heavy (non-hydrogen) atoms. The molecule has 0 atom stereocenters. The van der Waals surface area contributed by atoms with E-state index in [4.69, 9.17) is 0 Å². The van der Waals surface area contributed by atoms with E-state index in [9.17, 15) is 0 Å². The zero-order valence-electron chi connectivity index (χ0n) is 20.0. The summed E-state index contributed by atoms with van der Waals surface area (Å²) in [6.45, 7) is 20.6. The molecule has 1 fully saturated rings. The van der Waals surface area contributed by atoms with Crippen LogP contribution in [0.3, 0.4) is 0 Å². The van der Waals surface area contributed by atoms with Crippen molar-refractivity contribution in [2.45, 2.75) is 83.7 Å². The van der Waals surface area contributed by atoms with E-state index < -0.39 is 0 Å². The van der Waals surface area contributed by atoms with Gasteiger partial charge in [-0.05, 0) is 0 Å². The van der Waals surface area contributed by atoms with E-state index in [2.05, 4.69) is 121 Å². The third-order valence-corrected chi connectivity index (χ3v) is 7.29. The summed E-state index contributed by atoms with van der Waals surface area (Å²) in [7, 11) is 0. The Balaban J connectivity index is 2.11. The van der Waals surface area contributed by atoms with Crippen LogP contribution in [0.2, 0.25) is 0 Å². The van der Waals surface area contributed by atoms with Gasteiger partial charge in [0, 0.05) is 0 Å². The van der Waals surface area contributed by atoms with E-state index in [-0.39, 0.29) is 4.64 Å². The standard InChI is InChI=1S/C27H39N2.Pd/c1-18(2)22-11-9-12-23(19(3)4)26(22)28-15-16-29(17-28)27-24(20(5)6)13-10-14-25(27)21(7)8;/h9-14,17-21H,15-16H2,1-8H3;. The first-order chi connectivity index (χ1) is 14.1. The molecule has 3 rings (SSSR count). The molecule has 0 bridgehead atoms. The molecule has 0 unspecified atom stereocenters. The normalized spacial score (nSPS) is 15.5. The van der Waals surface area contributed by atoms with Crippen LogP contribution in [-0.2, 0) is 19.2 Å². The van der Waals surface area contributed by atoms with Crippen molar-refractivity contribution in [1.29, 1.82) is 0 Å². The van der Waals surface area contributed by atoms with Gasteiger partial charge in [0.2, 0.25) is 0 Å². The molecule has 0 saturated carbocycles. The van der Waals surface area contributed by atoms with Gasteiger partial charge < -0.3 is 0 Å². The van der Waals surface area contributed by atoms with Crippen molar-refractivity contribution in [3.8, 4) is 0 Å². The van der Waals surface area contributed by atoms with Gasteiger partial charge in [0.1, 0.15) is 0 Å². The molecule has 1 heterocycles. The van der Waals surface area contributed by atoms with E-state index in [1.807, 2.05) is 0 Å². The van der Waals surface area contributed by atoms with E-state index in [1.165, 1.54) is 33.6 Å². The minimum absolute atomic E-state index is 0.197. The summed E-state index contributed by atoms with van der Waals surface area (Å²) >= 11 is 3.78. The first-order valence-corrected chi connectivity index (χ1v) is 12.4. The summed E-state index contributed by atoms with van der Waals surface area (Å²) in [5, 5.41) is 0. The van der Waals surface area contributed by atoms with Crippen LogP contribution in [0.25, 0.3) is 0 Å². The maximum atomic E-state index is 3.78. The Bertz CT molecular complexity index is 745. The average Bonchev–Trinajstić information content (AvgIpc) is 3.07. The van der Waals surface area contributed by atoms with Crippen LogP contribution in [0, 0.1) is 0 Å². The van der Waals surface area contributed by atoms with Crippen molar-refractivity contribution in [3.63, 3.8) is 0 Å². The fourth-order valence-corrected chi connectivity index (χ4v) is 5.49. The third kappa shape index (κ3) is 4.35. The Labute approximate surface area is 195 Å². The monoisotopic (exact) mass is 497 g/mol. The topological polar surface area (TPSA) is 6.48 Å². The van der Waals surface area contributed by atoms with Gasteiger partial charge in [0.25, 0.3) is 0 Å². The van der Waals surface area contributed by atoms with Gasteiger partial charge in [-0.3, -0.25) is 0 Å². The van der Waals surface area contributed by atoms with Crippen LogP contribution in [0.5, 0.6) is 0 Å². The zero-order valence-corrected chi connectivity index (χ0v) is 21.5. The second kappa shape index (κ2) is 9.46. The molecule has 0 aliphatic carbocycles. The molecule has 0 amide bonds. The van der Waals surface area contributed by atoms with Gasteiger partial charge in [0.15, 0.2) is 0 Å². The zero-order chi connectivity index (χ0) is 22.2. The van der Waals surface area contributed by atoms with E-state index >= 15 is 0 Å². The van der Waals surface area contributed by atoms with Crippen molar-refractivity contribution >= 4 is 11.4 Å². The second-order valence-electron chi connectivity index (χ2n) is 9.85. The fraction of sp³-hybridized carbons (Fsp3) is 0.556. The van der Waals surface area contributed by atoms with E-state index in [0.29, 0.717) is 23.7 Å². The summed E-state index contributed by atoms with van der Waals surface area (Å²) in [6, 6.07) is 13.7. The molecule has 0 radical (unpaired) electrons. The maximum absolute atomic E-state index is 3.78. The number of hydrogen-bond acceptors (Lipinski definition) is 2. The molecule has 1 saturated heterocycles. The van der Waals surface area contributed by atoms with Crippen molar-refractivity contribution < 1.29 is 19.2 Å². The molecule has 1 aliphatic rings. The van der Waals surface area contributed by atoms with Gasteiger partial charge in [-0.25, -0.2) is 0 Å². The summed E-state index contributed by atoms with van der Waals surface area (Å²) in [5.41, 5.74) is 8.71. The molecular formula is C27H39N2Pd. The van der Waals surface area contributed by atoms with Crippen molar-refractivity contribution in [2.24, 2.45) is 0 Å². The van der Waals surface area contributed by atoms with Crippen LogP contribution in [0.1, 0.15) is 101 Å². The molecule has 2 aromatic rings. The summed E-state index contributed by atoms with van der Waals surface area (Å²) in [6.07, 6.45) is 0. The molecule has 2 nitrogen and oxygen atoms in total. The molecule has 2 aromatic carbocycles. The quantitative estimate of drug-likeness (QED) is 0.385. The number of rotatable bonds is 6. The Morgan fingerprint density at radius 1 is 0.600 bits per heavy atom. The number of anilines is 2. The van der Waals surface area contributed by atoms with Crippen LogP contribution < -0.4 is 9.80 Å². The Morgan fingerprint density at radius 2 is 0.867 bits per heavy atom. The summed E-state index contributed by atoms with van der Waals surface area (Å²) in [5.74, 6) is 2.02. The first kappa shape index (κ1) is 23.4. The predicted molar refractivity (Wildman–Crippen MR) is 128 cm³/mol. The number of hydrogen-bond donors (Lipinski definition) is 0. The molecule has 0 spiro atoms. The van der Waals surface area contributed by atoms with Crippen LogP contribution in [0.15, 0.2) is 36.4 Å². The fourth-order valence-electron chi connectivity index (χ4n) is 4.69. The van der Waals surface area contributed by atoms with Crippen molar-refractivity contribution in [3.05, 3.63) is 58.7 Å². The first-order valence-electron chi connectivity index (χ1n) is 11.5. The van der Waals surface area contributed by atoms with E-state index in [0.717, 1.165) is 13.1 Å². The number of benzene rings is 2. The van der Waals surface area contributed by atoms with Gasteiger partial charge in [-0.15, -0.1) is 0 Å². The Kier molecular flexibility index (Phi) is 7.37. The van der Waals surface area contributed by atoms with Crippen LogP contribution in [0.4, 0.5) is 11.4 Å². The van der Waals surface area contributed by atoms with E-state index in [1.54, 1.807) is 0 Å². The van der Waals surface area contributed by atoms with Crippen LogP contribution >= 0.6 is 0 Å². The van der Waals surface area contributed by atoms with Gasteiger partial charge >= 0.3 is 196 Å². The van der Waals surface area contributed by atoms with Crippen molar-refractivity contribution in [2.75, 3.05) is 22.9 Å². The predicted octanol–water partition coefficient (Wildman–Crippen LogP) is 7.34. The van der Waals surface area contributed by atoms with Gasteiger partial charge in [-0.2, -0.15) is 0 Å². The molecule has 1 aliphatic heterocycles. The second-order valence-corrected chi connectivity index (χ2v) is 10.7. The molecule has 0 N–H and O–H groups in total.